The van der Waals surface area contributed by atoms with Gasteiger partial charge in [-0.2, -0.15) is 0 Å². The molecule has 0 unspecified atom stereocenters. The van der Waals surface area contributed by atoms with Crippen LogP contribution in [0.15, 0.2) is 101 Å². The van der Waals surface area contributed by atoms with E-state index >= 15 is 0 Å². The molecule has 0 aliphatic carbocycles. The average molecular weight is 568 g/mol. The summed E-state index contributed by atoms with van der Waals surface area (Å²) in [6.07, 6.45) is 3.97. The number of nitrogens with zero attached hydrogens (tertiary/aromatic N) is 3. The van der Waals surface area contributed by atoms with Gasteiger partial charge in [0.15, 0.2) is 11.8 Å². The van der Waals surface area contributed by atoms with Gasteiger partial charge in [-0.1, -0.05) is 91.0 Å². The molecule has 42 heavy (non-hydrogen) atoms. The maximum absolute atomic E-state index is 10.2. The van der Waals surface area contributed by atoms with Gasteiger partial charge in [-0.3, -0.25) is 4.90 Å². The van der Waals surface area contributed by atoms with E-state index in [4.69, 9.17) is 19.5 Å². The Bertz CT molecular complexity index is 1230. The maximum atomic E-state index is 10.2. The first-order chi connectivity index (χ1) is 20.4. The molecule has 0 bridgehead atoms. The van der Waals surface area contributed by atoms with Crippen LogP contribution < -0.4 is 0 Å². The summed E-state index contributed by atoms with van der Waals surface area (Å²) in [4.78, 5) is 12.1. The summed E-state index contributed by atoms with van der Waals surface area (Å²) in [5.41, 5.74) is 3.16. The van der Waals surface area contributed by atoms with Crippen molar-refractivity contribution in [1.29, 1.82) is 0 Å². The van der Waals surface area contributed by atoms with Crippen molar-refractivity contribution in [2.24, 2.45) is 15.4 Å². The Morgan fingerprint density at radius 2 is 1.17 bits per heavy atom. The zero-order valence-corrected chi connectivity index (χ0v) is 25.2. The third-order valence-electron chi connectivity index (χ3n) is 8.44. The van der Waals surface area contributed by atoms with Gasteiger partial charge in [0.05, 0.1) is 18.2 Å². The highest BCUT2D eigenvalue weighted by Gasteiger charge is 2.41. The standard InChI is InChI=1S/C23H26N2O2.C13H19NO/c1-23(2,21-24-19(15-26-21)13-17-9-5-3-6-10-17)22-25-20(16-27-22)14-18-11-7-4-8-12-18;1-11(14-9-5-6-10-14)13(15)12-7-3-2-4-8-12/h3-12,19-20H,13-16H2,1-2H3;2-4,7-8,11,13,15H,5-6,9-10H2,1H3/t19-,20-;11-,13-/m10/s1. The lowest BCUT2D eigenvalue weighted by atomic mass is 9.93. The number of aliphatic hydroxyl groups excluding tert-OH is 1. The molecule has 0 saturated carbocycles. The van der Waals surface area contributed by atoms with Crippen molar-refractivity contribution in [2.75, 3.05) is 26.3 Å². The van der Waals surface area contributed by atoms with Gasteiger partial charge in [0.2, 0.25) is 0 Å². The number of aliphatic hydroxyl groups is 1. The number of hydrogen-bond donors (Lipinski definition) is 1. The minimum Gasteiger partial charge on any atom is -0.478 e. The number of aliphatic imine (C=N–C) groups is 2. The van der Waals surface area contributed by atoms with E-state index in [-0.39, 0.29) is 24.2 Å². The van der Waals surface area contributed by atoms with Crippen LogP contribution in [0.25, 0.3) is 0 Å². The highest BCUT2D eigenvalue weighted by Crippen LogP contribution is 2.30. The Morgan fingerprint density at radius 1 is 0.738 bits per heavy atom. The zero-order chi connectivity index (χ0) is 29.4. The van der Waals surface area contributed by atoms with Crippen LogP contribution in [0.2, 0.25) is 0 Å². The lowest BCUT2D eigenvalue weighted by Gasteiger charge is -2.28. The van der Waals surface area contributed by atoms with Gasteiger partial charge in [0, 0.05) is 6.04 Å². The quantitative estimate of drug-likeness (QED) is 0.330. The number of likely N-dealkylation sites (tertiary alicyclic amines) is 1. The summed E-state index contributed by atoms with van der Waals surface area (Å²) >= 11 is 0. The topological polar surface area (TPSA) is 66.7 Å². The van der Waals surface area contributed by atoms with Gasteiger partial charge in [-0.05, 0) is 76.2 Å². The molecule has 6 heteroatoms. The monoisotopic (exact) mass is 567 g/mol. The summed E-state index contributed by atoms with van der Waals surface area (Å²) in [6, 6.07) is 31.4. The number of hydrogen-bond acceptors (Lipinski definition) is 6. The van der Waals surface area contributed by atoms with Gasteiger partial charge >= 0.3 is 0 Å². The summed E-state index contributed by atoms with van der Waals surface area (Å²) < 4.78 is 11.9. The zero-order valence-electron chi connectivity index (χ0n) is 25.2. The van der Waals surface area contributed by atoms with E-state index in [1.807, 2.05) is 42.5 Å². The second-order valence-corrected chi connectivity index (χ2v) is 12.1. The largest absolute Gasteiger partial charge is 0.478 e. The van der Waals surface area contributed by atoms with Crippen molar-refractivity contribution in [2.45, 2.75) is 70.7 Å². The van der Waals surface area contributed by atoms with Crippen LogP contribution in [0.3, 0.4) is 0 Å². The maximum Gasteiger partial charge on any atom is 0.199 e. The highest BCUT2D eigenvalue weighted by molar-refractivity contribution is 6.05. The summed E-state index contributed by atoms with van der Waals surface area (Å²) in [6.45, 7) is 9.78. The van der Waals surface area contributed by atoms with Crippen LogP contribution in [0.1, 0.15) is 56.4 Å². The smallest absolute Gasteiger partial charge is 0.199 e. The molecule has 1 N–H and O–H groups in total. The summed E-state index contributed by atoms with van der Waals surface area (Å²) in [5.74, 6) is 1.48. The van der Waals surface area contributed by atoms with Crippen molar-refractivity contribution < 1.29 is 14.6 Å². The fraction of sp³-hybridized carbons (Fsp3) is 0.444. The van der Waals surface area contributed by atoms with Gasteiger partial charge in [0.1, 0.15) is 18.6 Å². The Labute approximate surface area is 251 Å². The molecule has 3 heterocycles. The second kappa shape index (κ2) is 14.1. The lowest BCUT2D eigenvalue weighted by Crippen LogP contribution is -2.35. The van der Waals surface area contributed by atoms with Crippen LogP contribution in [-0.2, 0) is 22.3 Å². The molecule has 4 atom stereocenters. The van der Waals surface area contributed by atoms with Gasteiger partial charge < -0.3 is 14.6 Å². The van der Waals surface area contributed by atoms with Crippen molar-refractivity contribution in [1.82, 2.24) is 4.90 Å². The van der Waals surface area contributed by atoms with E-state index in [0.29, 0.717) is 13.2 Å². The average Bonchev–Trinajstić information content (AvgIpc) is 3.82. The molecule has 3 aromatic rings. The number of rotatable bonds is 9. The fourth-order valence-electron chi connectivity index (χ4n) is 5.86. The first kappa shape index (κ1) is 30.0. The SMILES string of the molecule is CC(C)(C1=N[C@H](Cc2ccccc2)CO1)C1=N[C@H](Cc2ccccc2)CO1.C[C@@H]([C@H](O)c1ccccc1)N1CCCC1. The van der Waals surface area contributed by atoms with Gasteiger partial charge in [-0.25, -0.2) is 9.98 Å². The predicted octanol–water partition coefficient (Wildman–Crippen LogP) is 6.30. The van der Waals surface area contributed by atoms with Gasteiger partial charge in [-0.15, -0.1) is 0 Å². The molecule has 0 amide bonds. The third kappa shape index (κ3) is 7.67. The Morgan fingerprint density at radius 3 is 1.62 bits per heavy atom. The molecule has 0 aromatic heterocycles. The molecule has 0 radical (unpaired) electrons. The molecule has 3 aliphatic heterocycles. The van der Waals surface area contributed by atoms with E-state index in [1.165, 1.54) is 24.0 Å². The fourth-order valence-corrected chi connectivity index (χ4v) is 5.86. The van der Waals surface area contributed by atoms with Crippen LogP contribution >= 0.6 is 0 Å². The molecular weight excluding hydrogens is 522 g/mol. The first-order valence-corrected chi connectivity index (χ1v) is 15.4. The van der Waals surface area contributed by atoms with Crippen molar-refractivity contribution in [3.63, 3.8) is 0 Å². The molecule has 6 rings (SSSR count). The number of ether oxygens (including phenoxy) is 2. The molecule has 0 spiro atoms. The number of benzene rings is 3. The second-order valence-electron chi connectivity index (χ2n) is 12.1. The van der Waals surface area contributed by atoms with E-state index in [1.54, 1.807) is 0 Å². The molecule has 1 saturated heterocycles. The molecule has 3 aromatic carbocycles. The van der Waals surface area contributed by atoms with E-state index in [2.05, 4.69) is 74.2 Å². The van der Waals surface area contributed by atoms with Crippen LogP contribution in [-0.4, -0.2) is 66.2 Å². The van der Waals surface area contributed by atoms with Crippen molar-refractivity contribution >= 4 is 11.8 Å². The molecule has 3 aliphatic rings. The van der Waals surface area contributed by atoms with E-state index in [9.17, 15) is 5.11 Å². The minimum atomic E-state index is -0.434. The molecule has 6 nitrogen and oxygen atoms in total. The van der Waals surface area contributed by atoms with Gasteiger partial charge in [0.25, 0.3) is 0 Å². The Hall–Kier alpha value is -3.48. The van der Waals surface area contributed by atoms with Crippen molar-refractivity contribution in [3.05, 3.63) is 108 Å². The Balaban J connectivity index is 0.000000199. The normalized spacial score (nSPS) is 21.8. The molecule has 222 valence electrons. The van der Waals surface area contributed by atoms with Crippen LogP contribution in [0.4, 0.5) is 0 Å². The predicted molar refractivity (Wildman–Crippen MR) is 170 cm³/mol. The minimum absolute atomic E-state index is 0.156. The van der Waals surface area contributed by atoms with Crippen LogP contribution in [0.5, 0.6) is 0 Å². The van der Waals surface area contributed by atoms with E-state index < -0.39 is 5.41 Å². The van der Waals surface area contributed by atoms with Crippen molar-refractivity contribution in [3.8, 4) is 0 Å². The first-order valence-electron chi connectivity index (χ1n) is 15.4. The van der Waals surface area contributed by atoms with Crippen LogP contribution in [0, 0.1) is 5.41 Å². The lowest BCUT2D eigenvalue weighted by molar-refractivity contribution is 0.0716. The third-order valence-corrected chi connectivity index (χ3v) is 8.44. The molecule has 1 fully saturated rings. The summed E-state index contributed by atoms with van der Waals surface area (Å²) in [5, 5.41) is 10.2. The summed E-state index contributed by atoms with van der Waals surface area (Å²) in [7, 11) is 0. The Kier molecular flexibility index (Phi) is 10.1. The van der Waals surface area contributed by atoms with E-state index in [0.717, 1.165) is 43.3 Å². The molecular formula is C36H45N3O3. The highest BCUT2D eigenvalue weighted by atomic mass is 16.5.